The third-order valence-electron chi connectivity index (χ3n) is 3.24. The summed E-state index contributed by atoms with van der Waals surface area (Å²) in [5, 5.41) is 3.09. The molecule has 1 unspecified atom stereocenters. The minimum Gasteiger partial charge on any atom is -0.497 e. The summed E-state index contributed by atoms with van der Waals surface area (Å²) >= 11 is 1.66. The summed E-state index contributed by atoms with van der Waals surface area (Å²) in [5.74, 6) is 1.57. The van der Waals surface area contributed by atoms with Crippen LogP contribution in [0.3, 0.4) is 0 Å². The highest BCUT2D eigenvalue weighted by Gasteiger charge is 2.17. The number of nitrogens with two attached hydrogens (primary N) is 1. The highest BCUT2D eigenvalue weighted by atomic mass is 32.1. The maximum Gasteiger partial charge on any atom is 0.138 e. The molecule has 0 saturated carbocycles. The molecule has 2 N–H and O–H groups in total. The van der Waals surface area contributed by atoms with E-state index < -0.39 is 0 Å². The molecule has 0 aliphatic rings. The Morgan fingerprint density at radius 1 is 1.26 bits per heavy atom. The Bertz CT molecular complexity index is 714. The highest BCUT2D eigenvalue weighted by Crippen LogP contribution is 2.32. The van der Waals surface area contributed by atoms with E-state index in [1.807, 2.05) is 24.3 Å². The fourth-order valence-corrected chi connectivity index (χ4v) is 3.08. The Morgan fingerprint density at radius 3 is 2.79 bits per heavy atom. The number of furan rings is 1. The predicted octanol–water partition coefficient (Wildman–Crippen LogP) is 3.86. The van der Waals surface area contributed by atoms with Crippen LogP contribution in [-0.4, -0.2) is 7.11 Å². The average molecular weight is 273 g/mol. The second kappa shape index (κ2) is 4.72. The van der Waals surface area contributed by atoms with E-state index in [0.717, 1.165) is 27.4 Å². The van der Waals surface area contributed by atoms with Crippen molar-refractivity contribution in [3.8, 4) is 5.75 Å². The van der Waals surface area contributed by atoms with Gasteiger partial charge in [-0.1, -0.05) is 0 Å². The topological polar surface area (TPSA) is 48.4 Å². The SMILES string of the molecule is COc1ccc2cc(C(N)c3sccc3C)oc2c1. The first-order valence-corrected chi connectivity index (χ1v) is 6.94. The zero-order chi connectivity index (χ0) is 13.4. The molecule has 1 atom stereocenters. The monoisotopic (exact) mass is 273 g/mol. The molecule has 0 aliphatic carbocycles. The first-order valence-electron chi connectivity index (χ1n) is 6.06. The summed E-state index contributed by atoms with van der Waals surface area (Å²) in [4.78, 5) is 1.14. The highest BCUT2D eigenvalue weighted by molar-refractivity contribution is 7.10. The van der Waals surface area contributed by atoms with Gasteiger partial charge in [0.25, 0.3) is 0 Å². The lowest BCUT2D eigenvalue weighted by Gasteiger charge is -2.07. The Hall–Kier alpha value is -1.78. The Balaban J connectivity index is 2.03. The molecule has 2 aromatic heterocycles. The summed E-state index contributed by atoms with van der Waals surface area (Å²) in [6.07, 6.45) is 0. The molecule has 19 heavy (non-hydrogen) atoms. The maximum absolute atomic E-state index is 6.28. The number of methoxy groups -OCH3 is 1. The Kier molecular flexibility index (Phi) is 3.05. The fraction of sp³-hybridized carbons (Fsp3) is 0.200. The molecule has 3 aromatic rings. The molecule has 3 nitrogen and oxygen atoms in total. The number of ether oxygens (including phenoxy) is 1. The maximum atomic E-state index is 6.28. The summed E-state index contributed by atoms with van der Waals surface area (Å²) in [6, 6.07) is 9.65. The van der Waals surface area contributed by atoms with Crippen LogP contribution in [0.25, 0.3) is 11.0 Å². The van der Waals surface area contributed by atoms with Crippen LogP contribution in [0.1, 0.15) is 22.2 Å². The summed E-state index contributed by atoms with van der Waals surface area (Å²) < 4.78 is 11.0. The van der Waals surface area contributed by atoms with Gasteiger partial charge in [-0.15, -0.1) is 11.3 Å². The van der Waals surface area contributed by atoms with E-state index in [-0.39, 0.29) is 6.04 Å². The van der Waals surface area contributed by atoms with Crippen molar-refractivity contribution in [2.75, 3.05) is 7.11 Å². The number of benzene rings is 1. The molecule has 0 aliphatic heterocycles. The number of fused-ring (bicyclic) bond motifs is 1. The minimum atomic E-state index is -0.210. The molecule has 0 amide bonds. The molecule has 0 spiro atoms. The van der Waals surface area contributed by atoms with E-state index in [1.54, 1.807) is 18.4 Å². The Morgan fingerprint density at radius 2 is 2.11 bits per heavy atom. The van der Waals surface area contributed by atoms with Crippen LogP contribution in [0, 0.1) is 6.92 Å². The van der Waals surface area contributed by atoms with Gasteiger partial charge in [0.1, 0.15) is 17.1 Å². The van der Waals surface area contributed by atoms with Crippen molar-refractivity contribution in [2.45, 2.75) is 13.0 Å². The van der Waals surface area contributed by atoms with E-state index in [0.29, 0.717) is 0 Å². The van der Waals surface area contributed by atoms with Gasteiger partial charge in [0, 0.05) is 16.3 Å². The minimum absolute atomic E-state index is 0.210. The standard InChI is InChI=1S/C15H15NO2S/c1-9-5-6-19-15(9)14(16)13-7-10-3-4-11(17-2)8-12(10)18-13/h3-8,14H,16H2,1-2H3. The Labute approximate surface area is 115 Å². The second-order valence-electron chi connectivity index (χ2n) is 4.50. The van der Waals surface area contributed by atoms with E-state index in [9.17, 15) is 0 Å². The number of hydrogen-bond acceptors (Lipinski definition) is 4. The summed E-state index contributed by atoms with van der Waals surface area (Å²) in [6.45, 7) is 2.07. The zero-order valence-corrected chi connectivity index (χ0v) is 11.7. The van der Waals surface area contributed by atoms with E-state index >= 15 is 0 Å². The second-order valence-corrected chi connectivity index (χ2v) is 5.45. The van der Waals surface area contributed by atoms with Crippen molar-refractivity contribution in [3.05, 3.63) is 51.9 Å². The molecule has 4 heteroatoms. The molecule has 98 valence electrons. The van der Waals surface area contributed by atoms with Crippen molar-refractivity contribution < 1.29 is 9.15 Å². The van der Waals surface area contributed by atoms with Crippen molar-refractivity contribution in [1.29, 1.82) is 0 Å². The van der Waals surface area contributed by atoms with Crippen LogP contribution in [0.15, 0.2) is 40.1 Å². The van der Waals surface area contributed by atoms with E-state index in [1.165, 1.54) is 5.56 Å². The quantitative estimate of drug-likeness (QED) is 0.788. The van der Waals surface area contributed by atoms with E-state index in [4.69, 9.17) is 14.9 Å². The lowest BCUT2D eigenvalue weighted by Crippen LogP contribution is -2.10. The van der Waals surface area contributed by atoms with Gasteiger partial charge in [-0.2, -0.15) is 0 Å². The number of thiophene rings is 1. The van der Waals surface area contributed by atoms with Gasteiger partial charge in [-0.3, -0.25) is 0 Å². The van der Waals surface area contributed by atoms with Crippen LogP contribution in [-0.2, 0) is 0 Å². The van der Waals surface area contributed by atoms with E-state index in [2.05, 4.69) is 18.4 Å². The lowest BCUT2D eigenvalue weighted by atomic mass is 10.1. The smallest absolute Gasteiger partial charge is 0.138 e. The first-order chi connectivity index (χ1) is 9.19. The van der Waals surface area contributed by atoms with Crippen LogP contribution < -0.4 is 10.5 Å². The molecule has 2 heterocycles. The third kappa shape index (κ3) is 2.13. The van der Waals surface area contributed by atoms with Crippen molar-refractivity contribution in [2.24, 2.45) is 5.73 Å². The summed E-state index contributed by atoms with van der Waals surface area (Å²) in [7, 11) is 1.64. The number of aryl methyl sites for hydroxylation is 1. The van der Waals surface area contributed by atoms with Crippen LogP contribution in [0.2, 0.25) is 0 Å². The van der Waals surface area contributed by atoms with Gasteiger partial charge in [-0.25, -0.2) is 0 Å². The van der Waals surface area contributed by atoms with Gasteiger partial charge < -0.3 is 14.9 Å². The van der Waals surface area contributed by atoms with Crippen LogP contribution in [0.5, 0.6) is 5.75 Å². The van der Waals surface area contributed by atoms with Crippen molar-refractivity contribution >= 4 is 22.3 Å². The molecule has 0 bridgehead atoms. The predicted molar refractivity (Wildman–Crippen MR) is 77.9 cm³/mol. The van der Waals surface area contributed by atoms with Gasteiger partial charge in [0.15, 0.2) is 0 Å². The lowest BCUT2D eigenvalue weighted by molar-refractivity contribution is 0.414. The molecule has 3 rings (SSSR count). The van der Waals surface area contributed by atoms with Gasteiger partial charge in [0.2, 0.25) is 0 Å². The molecule has 0 saturated heterocycles. The van der Waals surface area contributed by atoms with Gasteiger partial charge in [-0.05, 0) is 42.1 Å². The molecular formula is C15H15NO2S. The zero-order valence-electron chi connectivity index (χ0n) is 10.8. The third-order valence-corrected chi connectivity index (χ3v) is 4.34. The molecule has 0 fully saturated rings. The number of rotatable bonds is 3. The normalized spacial score (nSPS) is 12.8. The van der Waals surface area contributed by atoms with Crippen LogP contribution >= 0.6 is 11.3 Å². The average Bonchev–Trinajstić information content (AvgIpc) is 3.02. The molecule has 1 aromatic carbocycles. The number of hydrogen-bond donors (Lipinski definition) is 1. The molecule has 0 radical (unpaired) electrons. The van der Waals surface area contributed by atoms with Crippen LogP contribution in [0.4, 0.5) is 0 Å². The van der Waals surface area contributed by atoms with Gasteiger partial charge in [0.05, 0.1) is 13.2 Å². The fourth-order valence-electron chi connectivity index (χ4n) is 2.14. The van der Waals surface area contributed by atoms with Crippen molar-refractivity contribution in [1.82, 2.24) is 0 Å². The van der Waals surface area contributed by atoms with Crippen molar-refractivity contribution in [3.63, 3.8) is 0 Å². The van der Waals surface area contributed by atoms with Gasteiger partial charge >= 0.3 is 0 Å². The molecular weight excluding hydrogens is 258 g/mol. The first kappa shape index (κ1) is 12.3. The largest absolute Gasteiger partial charge is 0.497 e. The summed E-state index contributed by atoms with van der Waals surface area (Å²) in [5.41, 5.74) is 8.29.